The zero-order chi connectivity index (χ0) is 24.6. The minimum absolute atomic E-state index is 0.00700. The van der Waals surface area contributed by atoms with Crippen molar-refractivity contribution in [2.75, 3.05) is 25.1 Å². The Bertz CT molecular complexity index is 1290. The summed E-state index contributed by atoms with van der Waals surface area (Å²) in [6.45, 7) is 3.90. The molecule has 11 heteroatoms. The van der Waals surface area contributed by atoms with Crippen LogP contribution in [0.25, 0.3) is 11.0 Å². The van der Waals surface area contributed by atoms with E-state index in [9.17, 15) is 22.8 Å². The molecule has 180 valence electrons. The summed E-state index contributed by atoms with van der Waals surface area (Å²) in [6.07, 6.45) is -1.91. The lowest BCUT2D eigenvalue weighted by Gasteiger charge is -2.38. The molecule has 34 heavy (non-hydrogen) atoms. The summed E-state index contributed by atoms with van der Waals surface area (Å²) < 4.78 is 46.8. The lowest BCUT2D eigenvalue weighted by molar-refractivity contribution is -0.140. The highest BCUT2D eigenvalue weighted by Crippen LogP contribution is 2.30. The zero-order valence-corrected chi connectivity index (χ0v) is 18.9. The molecule has 2 N–H and O–H groups in total. The molecule has 1 aromatic carbocycles. The molecular formula is C23H24F3N5O3. The number of likely N-dealkylation sites (tertiary alicyclic amines) is 1. The number of alkyl halides is 2. The maximum absolute atomic E-state index is 14.9. The van der Waals surface area contributed by atoms with Gasteiger partial charge in [0, 0.05) is 17.2 Å². The van der Waals surface area contributed by atoms with Gasteiger partial charge in [0.05, 0.1) is 24.5 Å². The summed E-state index contributed by atoms with van der Waals surface area (Å²) in [7, 11) is 0. The van der Waals surface area contributed by atoms with Crippen LogP contribution in [0.1, 0.15) is 43.0 Å². The van der Waals surface area contributed by atoms with Gasteiger partial charge < -0.3 is 19.9 Å². The number of aryl methyl sites for hydroxylation is 1. The number of nitrogens with zero attached hydrogens (tertiary/aromatic N) is 3. The summed E-state index contributed by atoms with van der Waals surface area (Å²) in [5.74, 6) is -0.570. The number of rotatable bonds is 7. The summed E-state index contributed by atoms with van der Waals surface area (Å²) >= 11 is 0. The summed E-state index contributed by atoms with van der Waals surface area (Å²) in [6, 6.07) is 5.44. The Hall–Kier alpha value is -3.63. The number of ether oxygens (including phenoxy) is 1. The number of pyridine rings is 1. The van der Waals surface area contributed by atoms with E-state index in [1.807, 2.05) is 0 Å². The second-order valence-corrected chi connectivity index (χ2v) is 8.25. The molecule has 1 aliphatic heterocycles. The highest BCUT2D eigenvalue weighted by atomic mass is 19.1. The van der Waals surface area contributed by atoms with Crippen LogP contribution in [-0.4, -0.2) is 51.6 Å². The smallest absolute Gasteiger partial charge is 0.291 e. The number of aromatic amines is 1. The number of halogens is 3. The average molecular weight is 475 g/mol. The second kappa shape index (κ2) is 9.32. The minimum atomic E-state index is -1.46. The maximum atomic E-state index is 14.9. The highest BCUT2D eigenvalue weighted by Gasteiger charge is 2.32. The lowest BCUT2D eigenvalue weighted by Crippen LogP contribution is -2.56. The van der Waals surface area contributed by atoms with E-state index in [4.69, 9.17) is 4.74 Å². The quantitative estimate of drug-likeness (QED) is 0.542. The first-order valence-corrected chi connectivity index (χ1v) is 10.8. The average Bonchev–Trinajstić information content (AvgIpc) is 2.75. The maximum Gasteiger partial charge on any atom is 0.291 e. The van der Waals surface area contributed by atoms with Gasteiger partial charge >= 0.3 is 0 Å². The molecule has 3 heterocycles. The van der Waals surface area contributed by atoms with Gasteiger partial charge in [-0.1, -0.05) is 18.2 Å². The van der Waals surface area contributed by atoms with Crippen molar-refractivity contribution in [2.45, 2.75) is 39.1 Å². The first-order chi connectivity index (χ1) is 16.2. The van der Waals surface area contributed by atoms with Crippen LogP contribution in [0.15, 0.2) is 29.1 Å². The summed E-state index contributed by atoms with van der Waals surface area (Å²) in [4.78, 5) is 36.5. The number of H-pyrrole nitrogens is 1. The van der Waals surface area contributed by atoms with Crippen LogP contribution >= 0.6 is 0 Å². The number of carbonyl (C=O) groups excluding carboxylic acids is 1. The van der Waals surface area contributed by atoms with Crippen LogP contribution in [-0.2, 0) is 4.79 Å². The van der Waals surface area contributed by atoms with Gasteiger partial charge in [0.15, 0.2) is 12.4 Å². The third kappa shape index (κ3) is 4.55. The first kappa shape index (κ1) is 23.5. The van der Waals surface area contributed by atoms with Crippen molar-refractivity contribution in [1.82, 2.24) is 19.9 Å². The Kier molecular flexibility index (Phi) is 6.45. The number of carbonyl (C=O) groups is 1. The zero-order valence-electron chi connectivity index (χ0n) is 18.9. The Morgan fingerprint density at radius 1 is 1.29 bits per heavy atom. The normalized spacial score (nSPS) is 15.6. The van der Waals surface area contributed by atoms with Gasteiger partial charge in [-0.3, -0.25) is 9.59 Å². The molecule has 1 aliphatic rings. The Morgan fingerprint density at radius 3 is 2.68 bits per heavy atom. The van der Waals surface area contributed by atoms with E-state index in [2.05, 4.69) is 20.3 Å². The molecule has 8 nitrogen and oxygen atoms in total. The SMILES string of the molecule is Cc1nc(N[C@H](C)c2cccc(C(C)F)c2F)c2cc(OC3CN(C(=O)CF)C3)c(=O)[nH]c2n1. The van der Waals surface area contributed by atoms with Gasteiger partial charge in [0.25, 0.3) is 11.5 Å². The van der Waals surface area contributed by atoms with E-state index in [-0.39, 0.29) is 35.6 Å². The van der Waals surface area contributed by atoms with Crippen molar-refractivity contribution in [3.8, 4) is 5.75 Å². The number of aromatic nitrogens is 3. The van der Waals surface area contributed by atoms with Crippen LogP contribution in [0.4, 0.5) is 19.0 Å². The van der Waals surface area contributed by atoms with E-state index < -0.39 is 42.3 Å². The van der Waals surface area contributed by atoms with Crippen LogP contribution in [0.5, 0.6) is 5.75 Å². The predicted molar refractivity (Wildman–Crippen MR) is 120 cm³/mol. The van der Waals surface area contributed by atoms with Gasteiger partial charge in [-0.05, 0) is 20.8 Å². The number of hydrogen-bond donors (Lipinski definition) is 2. The third-order valence-corrected chi connectivity index (χ3v) is 5.70. The molecule has 1 unspecified atom stereocenters. The molecule has 3 aromatic rings. The van der Waals surface area contributed by atoms with Crippen molar-refractivity contribution in [3.63, 3.8) is 0 Å². The number of fused-ring (bicyclic) bond motifs is 1. The molecule has 0 saturated carbocycles. The van der Waals surface area contributed by atoms with Gasteiger partial charge in [0.2, 0.25) is 0 Å². The van der Waals surface area contributed by atoms with Gasteiger partial charge in [-0.25, -0.2) is 23.1 Å². The number of hydrogen-bond acceptors (Lipinski definition) is 6. The lowest BCUT2D eigenvalue weighted by atomic mass is 10.0. The van der Waals surface area contributed by atoms with Gasteiger partial charge in [-0.15, -0.1) is 0 Å². The number of amides is 1. The number of anilines is 1. The Balaban J connectivity index is 1.63. The van der Waals surface area contributed by atoms with Crippen LogP contribution < -0.4 is 15.6 Å². The van der Waals surface area contributed by atoms with Crippen molar-refractivity contribution >= 4 is 22.8 Å². The monoisotopic (exact) mass is 475 g/mol. The standard InChI is InChI=1S/C23H24F3N5O3/c1-11(25)15-5-4-6-16(20(15)26)12(2)27-21-17-7-18(23(33)30-22(17)29-13(3)28-21)34-14-9-31(10-14)19(32)8-24/h4-7,11-12,14H,8-10H2,1-3H3,(H2,27,28,29,30,33)/t11?,12-/m1/s1. The first-order valence-electron chi connectivity index (χ1n) is 10.8. The topological polar surface area (TPSA) is 100 Å². The van der Waals surface area contributed by atoms with Crippen LogP contribution in [0.3, 0.4) is 0 Å². The molecule has 0 bridgehead atoms. The van der Waals surface area contributed by atoms with E-state index in [0.717, 1.165) is 0 Å². The Morgan fingerprint density at radius 2 is 2.00 bits per heavy atom. The van der Waals surface area contributed by atoms with Gasteiger partial charge in [-0.2, -0.15) is 0 Å². The van der Waals surface area contributed by atoms with E-state index in [1.54, 1.807) is 26.0 Å². The molecule has 4 rings (SSSR count). The molecular weight excluding hydrogens is 451 g/mol. The van der Waals surface area contributed by atoms with Crippen molar-refractivity contribution < 1.29 is 22.7 Å². The Labute approximate surface area is 193 Å². The summed E-state index contributed by atoms with van der Waals surface area (Å²) in [5, 5.41) is 3.55. The van der Waals surface area contributed by atoms with Crippen molar-refractivity contribution in [1.29, 1.82) is 0 Å². The fourth-order valence-electron chi connectivity index (χ4n) is 3.85. The van der Waals surface area contributed by atoms with E-state index >= 15 is 0 Å². The molecule has 1 saturated heterocycles. The fraction of sp³-hybridized carbons (Fsp3) is 0.391. The molecule has 1 amide bonds. The highest BCUT2D eigenvalue weighted by molar-refractivity contribution is 5.87. The third-order valence-electron chi connectivity index (χ3n) is 5.70. The molecule has 1 fully saturated rings. The molecule has 0 aliphatic carbocycles. The van der Waals surface area contributed by atoms with E-state index in [0.29, 0.717) is 17.0 Å². The van der Waals surface area contributed by atoms with Crippen molar-refractivity contribution in [2.24, 2.45) is 0 Å². The predicted octanol–water partition coefficient (Wildman–Crippen LogP) is 3.53. The van der Waals surface area contributed by atoms with Crippen LogP contribution in [0.2, 0.25) is 0 Å². The number of benzene rings is 1. The molecule has 0 radical (unpaired) electrons. The summed E-state index contributed by atoms with van der Waals surface area (Å²) in [5.41, 5.74) is -0.0281. The molecule has 2 atom stereocenters. The minimum Gasteiger partial charge on any atom is -0.481 e. The second-order valence-electron chi connectivity index (χ2n) is 8.25. The fourth-order valence-corrected chi connectivity index (χ4v) is 3.85. The van der Waals surface area contributed by atoms with Gasteiger partial charge in [0.1, 0.15) is 35.4 Å². The molecule has 2 aromatic heterocycles. The van der Waals surface area contributed by atoms with Crippen LogP contribution in [0, 0.1) is 12.7 Å². The molecule has 0 spiro atoms. The number of nitrogens with one attached hydrogen (secondary N) is 2. The van der Waals surface area contributed by atoms with E-state index in [1.165, 1.54) is 24.0 Å². The van der Waals surface area contributed by atoms with Crippen molar-refractivity contribution in [3.05, 3.63) is 57.4 Å². The largest absolute Gasteiger partial charge is 0.481 e.